The topological polar surface area (TPSA) is 41.3 Å². The molecule has 0 spiro atoms. The van der Waals surface area contributed by atoms with Gasteiger partial charge < -0.3 is 14.6 Å². The number of pyridine rings is 1. The van der Waals surface area contributed by atoms with Gasteiger partial charge in [0, 0.05) is 22.5 Å². The molecule has 0 radical (unpaired) electrons. The molecule has 1 aliphatic heterocycles. The van der Waals surface area contributed by atoms with Gasteiger partial charge in [0.2, 0.25) is 0 Å². The smallest absolute Gasteiger partial charge is 0.174 e. The number of hydrogen-bond donors (Lipinski definition) is 1. The number of benzene rings is 2. The number of halogens is 1. The van der Waals surface area contributed by atoms with E-state index in [1.807, 2.05) is 54.6 Å². The second-order valence-corrected chi connectivity index (χ2v) is 8.82. The highest BCUT2D eigenvalue weighted by molar-refractivity contribution is 7.80. The summed E-state index contributed by atoms with van der Waals surface area (Å²) in [6, 6.07) is 23.7. The van der Waals surface area contributed by atoms with E-state index in [1.165, 1.54) is 5.56 Å². The molecule has 3 heterocycles. The van der Waals surface area contributed by atoms with Crippen LogP contribution in [0.3, 0.4) is 0 Å². The lowest BCUT2D eigenvalue weighted by Gasteiger charge is -2.26. The van der Waals surface area contributed by atoms with Crippen molar-refractivity contribution in [3.05, 3.63) is 107 Å². The van der Waals surface area contributed by atoms with Crippen molar-refractivity contribution in [1.29, 1.82) is 0 Å². The Balaban J connectivity index is 1.62. The minimum atomic E-state index is -0.188. The second kappa shape index (κ2) is 8.41. The van der Waals surface area contributed by atoms with Crippen LogP contribution in [0, 0.1) is 13.8 Å². The van der Waals surface area contributed by atoms with Crippen LogP contribution in [-0.2, 0) is 0 Å². The van der Waals surface area contributed by atoms with Gasteiger partial charge in [-0.1, -0.05) is 35.9 Å². The molecule has 0 saturated carbocycles. The summed E-state index contributed by atoms with van der Waals surface area (Å²) >= 11 is 12.0. The molecule has 2 aromatic carbocycles. The second-order valence-electron chi connectivity index (χ2n) is 8.00. The van der Waals surface area contributed by atoms with Gasteiger partial charge in [0.05, 0.1) is 11.7 Å². The maximum Gasteiger partial charge on any atom is 0.174 e. The van der Waals surface area contributed by atoms with E-state index in [2.05, 4.69) is 47.2 Å². The van der Waals surface area contributed by atoms with E-state index in [0.717, 1.165) is 34.0 Å². The third-order valence-corrected chi connectivity index (χ3v) is 6.31. The zero-order chi connectivity index (χ0) is 22.2. The van der Waals surface area contributed by atoms with Crippen LogP contribution >= 0.6 is 23.8 Å². The number of rotatable bonds is 4. The van der Waals surface area contributed by atoms with Gasteiger partial charge in [0.1, 0.15) is 17.6 Å². The van der Waals surface area contributed by atoms with Crippen molar-refractivity contribution >= 4 is 34.6 Å². The van der Waals surface area contributed by atoms with Gasteiger partial charge in [-0.2, -0.15) is 0 Å². The first kappa shape index (κ1) is 20.7. The van der Waals surface area contributed by atoms with E-state index < -0.39 is 0 Å². The molecule has 4 nitrogen and oxygen atoms in total. The molecule has 0 unspecified atom stereocenters. The van der Waals surface area contributed by atoms with Gasteiger partial charge in [-0.05, 0) is 85.7 Å². The molecule has 32 heavy (non-hydrogen) atoms. The fraction of sp³-hybridized carbons (Fsp3) is 0.154. The minimum Gasteiger partial charge on any atom is -0.459 e. The Hall–Kier alpha value is -3.15. The Kier molecular flexibility index (Phi) is 5.45. The van der Waals surface area contributed by atoms with Crippen molar-refractivity contribution in [3.63, 3.8) is 0 Å². The van der Waals surface area contributed by atoms with Crippen LogP contribution in [-0.4, -0.2) is 10.1 Å². The molecule has 0 aliphatic carbocycles. The number of nitrogens with zero attached hydrogens (tertiary/aromatic N) is 2. The van der Waals surface area contributed by atoms with Crippen LogP contribution in [0.25, 0.3) is 11.3 Å². The molecule has 2 aromatic heterocycles. The Labute approximate surface area is 197 Å². The lowest BCUT2D eigenvalue weighted by Crippen LogP contribution is -2.29. The maximum atomic E-state index is 6.44. The molecule has 6 heteroatoms. The van der Waals surface area contributed by atoms with Gasteiger partial charge >= 0.3 is 0 Å². The SMILES string of the molecule is Cc1cccc(N2C(=S)N[C@@H](c3ccccn3)[C@H]2c2ccc(-c3cc(Cl)ccc3C)o2)c1. The standard InChI is InChI=1S/C26H22ClN3OS/c1-16-6-5-7-19(14-16)30-25(24(29-26(30)32)21-8-3-4-13-28-21)23-12-11-22(31-23)20-15-18(27)10-9-17(20)2/h3-15,24-25H,1-2H3,(H,29,32)/t24-,25+/m0/s1. The van der Waals surface area contributed by atoms with E-state index in [1.54, 1.807) is 6.20 Å². The first-order chi connectivity index (χ1) is 15.5. The van der Waals surface area contributed by atoms with Crippen molar-refractivity contribution in [2.45, 2.75) is 25.9 Å². The molecule has 4 aromatic rings. The fourth-order valence-corrected chi connectivity index (χ4v) is 4.73. The van der Waals surface area contributed by atoms with Gasteiger partial charge in [0.25, 0.3) is 0 Å². The average molecular weight is 460 g/mol. The Bertz CT molecular complexity index is 1290. The zero-order valence-electron chi connectivity index (χ0n) is 17.7. The summed E-state index contributed by atoms with van der Waals surface area (Å²) in [5.74, 6) is 1.59. The molecule has 2 atom stereocenters. The summed E-state index contributed by atoms with van der Waals surface area (Å²) in [6.45, 7) is 4.13. The summed E-state index contributed by atoms with van der Waals surface area (Å²) in [6.07, 6.45) is 1.80. The molecule has 0 amide bonds. The number of aromatic nitrogens is 1. The van der Waals surface area contributed by atoms with Crippen molar-refractivity contribution in [2.75, 3.05) is 4.90 Å². The summed E-state index contributed by atoms with van der Waals surface area (Å²) in [4.78, 5) is 6.72. The van der Waals surface area contributed by atoms with Gasteiger partial charge in [0.15, 0.2) is 5.11 Å². The average Bonchev–Trinajstić information content (AvgIpc) is 3.40. The van der Waals surface area contributed by atoms with Crippen LogP contribution in [0.2, 0.25) is 5.02 Å². The summed E-state index contributed by atoms with van der Waals surface area (Å²) in [5.41, 5.74) is 5.18. The normalized spacial score (nSPS) is 18.1. The Morgan fingerprint density at radius 2 is 1.88 bits per heavy atom. The predicted octanol–water partition coefficient (Wildman–Crippen LogP) is 6.79. The molecule has 0 bridgehead atoms. The molecular weight excluding hydrogens is 438 g/mol. The maximum absolute atomic E-state index is 6.44. The van der Waals surface area contributed by atoms with E-state index in [4.69, 9.17) is 28.2 Å². The zero-order valence-corrected chi connectivity index (χ0v) is 19.3. The molecule has 1 N–H and O–H groups in total. The van der Waals surface area contributed by atoms with E-state index in [0.29, 0.717) is 10.1 Å². The highest BCUT2D eigenvalue weighted by Crippen LogP contribution is 2.43. The van der Waals surface area contributed by atoms with Crippen LogP contribution in [0.1, 0.15) is 34.7 Å². The number of nitrogens with one attached hydrogen (secondary N) is 1. The fourth-order valence-electron chi connectivity index (χ4n) is 4.22. The molecular formula is C26H22ClN3OS. The number of furan rings is 1. The minimum absolute atomic E-state index is 0.149. The van der Waals surface area contributed by atoms with Crippen LogP contribution in [0.4, 0.5) is 5.69 Å². The Morgan fingerprint density at radius 3 is 2.66 bits per heavy atom. The van der Waals surface area contributed by atoms with Gasteiger partial charge in [-0.3, -0.25) is 4.98 Å². The Morgan fingerprint density at radius 1 is 1.00 bits per heavy atom. The van der Waals surface area contributed by atoms with E-state index in [9.17, 15) is 0 Å². The highest BCUT2D eigenvalue weighted by atomic mass is 35.5. The molecule has 1 aliphatic rings. The lowest BCUT2D eigenvalue weighted by molar-refractivity contribution is 0.439. The monoisotopic (exact) mass is 459 g/mol. The molecule has 160 valence electrons. The van der Waals surface area contributed by atoms with Crippen molar-refractivity contribution in [3.8, 4) is 11.3 Å². The highest BCUT2D eigenvalue weighted by Gasteiger charge is 2.42. The van der Waals surface area contributed by atoms with Crippen molar-refractivity contribution < 1.29 is 4.42 Å². The van der Waals surface area contributed by atoms with Crippen molar-refractivity contribution in [1.82, 2.24) is 10.3 Å². The number of aryl methyl sites for hydroxylation is 2. The van der Waals surface area contributed by atoms with E-state index >= 15 is 0 Å². The quantitative estimate of drug-likeness (QED) is 0.340. The summed E-state index contributed by atoms with van der Waals surface area (Å²) in [5, 5.41) is 4.80. The number of thiocarbonyl (C=S) groups is 1. The third-order valence-electron chi connectivity index (χ3n) is 5.76. The first-order valence-electron chi connectivity index (χ1n) is 10.4. The third kappa shape index (κ3) is 3.78. The predicted molar refractivity (Wildman–Crippen MR) is 133 cm³/mol. The largest absolute Gasteiger partial charge is 0.459 e. The molecule has 1 fully saturated rings. The van der Waals surface area contributed by atoms with Crippen LogP contribution in [0.5, 0.6) is 0 Å². The first-order valence-corrected chi connectivity index (χ1v) is 11.2. The molecule has 5 rings (SSSR count). The van der Waals surface area contributed by atoms with Crippen molar-refractivity contribution in [2.24, 2.45) is 0 Å². The lowest BCUT2D eigenvalue weighted by atomic mass is 10.0. The number of hydrogen-bond acceptors (Lipinski definition) is 3. The van der Waals surface area contributed by atoms with Gasteiger partial charge in [-0.15, -0.1) is 0 Å². The van der Waals surface area contributed by atoms with Crippen LogP contribution < -0.4 is 10.2 Å². The summed E-state index contributed by atoms with van der Waals surface area (Å²) in [7, 11) is 0. The van der Waals surface area contributed by atoms with Gasteiger partial charge in [-0.25, -0.2) is 0 Å². The summed E-state index contributed by atoms with van der Waals surface area (Å²) < 4.78 is 6.44. The number of anilines is 1. The molecule has 1 saturated heterocycles. The van der Waals surface area contributed by atoms with Crippen LogP contribution in [0.15, 0.2) is 83.4 Å². The van der Waals surface area contributed by atoms with E-state index in [-0.39, 0.29) is 12.1 Å².